The smallest absolute Gasteiger partial charge is 0.303 e. The third-order valence-electron chi connectivity index (χ3n) is 4.62. The predicted molar refractivity (Wildman–Crippen MR) is 78.9 cm³/mol. The first-order valence-corrected chi connectivity index (χ1v) is 8.14. The number of nitrogens with zero attached hydrogens (tertiary/aromatic N) is 2. The Labute approximate surface area is 126 Å². The number of likely N-dealkylation sites (tertiary alicyclic amines) is 2. The van der Waals surface area contributed by atoms with E-state index in [9.17, 15) is 15.0 Å². The Morgan fingerprint density at radius 2 is 1.90 bits per heavy atom. The Bertz CT molecular complexity index is 334. The molecule has 122 valence electrons. The van der Waals surface area contributed by atoms with Crippen LogP contribution in [0.15, 0.2) is 0 Å². The summed E-state index contributed by atoms with van der Waals surface area (Å²) in [5, 5.41) is 29.0. The average Bonchev–Trinajstić information content (AvgIpc) is 3.06. The number of carbonyl (C=O) groups is 1. The van der Waals surface area contributed by atoms with Gasteiger partial charge in [0.1, 0.15) is 6.23 Å². The first kappa shape index (κ1) is 16.7. The SMILES string of the molecule is O=C(O)CCCCCN1C[C@H](O)C[C@H]1C(O)N1CCCC1. The number of aliphatic hydroxyl groups is 2. The third-order valence-corrected chi connectivity index (χ3v) is 4.62. The van der Waals surface area contributed by atoms with E-state index in [0.717, 1.165) is 45.3 Å². The Morgan fingerprint density at radius 1 is 1.19 bits per heavy atom. The lowest BCUT2D eigenvalue weighted by molar-refractivity contribution is -0.137. The molecule has 0 bridgehead atoms. The highest BCUT2D eigenvalue weighted by Crippen LogP contribution is 2.25. The summed E-state index contributed by atoms with van der Waals surface area (Å²) in [6.45, 7) is 3.33. The highest BCUT2D eigenvalue weighted by molar-refractivity contribution is 5.66. The van der Waals surface area contributed by atoms with E-state index in [1.165, 1.54) is 0 Å². The fourth-order valence-electron chi connectivity index (χ4n) is 3.49. The number of hydrogen-bond acceptors (Lipinski definition) is 5. The van der Waals surface area contributed by atoms with Crippen LogP contribution in [0.1, 0.15) is 44.9 Å². The zero-order valence-corrected chi connectivity index (χ0v) is 12.7. The third kappa shape index (κ3) is 4.92. The molecular weight excluding hydrogens is 272 g/mol. The van der Waals surface area contributed by atoms with Crippen LogP contribution in [0.3, 0.4) is 0 Å². The molecule has 0 aromatic rings. The van der Waals surface area contributed by atoms with E-state index in [1.54, 1.807) is 0 Å². The highest BCUT2D eigenvalue weighted by atomic mass is 16.4. The number of β-amino-alcohol motifs (C(OH)–C–C–N with tert-alkyl or cyclic N) is 1. The van der Waals surface area contributed by atoms with Crippen LogP contribution in [0.4, 0.5) is 0 Å². The van der Waals surface area contributed by atoms with Crippen molar-refractivity contribution in [2.24, 2.45) is 0 Å². The normalized spacial score (nSPS) is 29.0. The van der Waals surface area contributed by atoms with Crippen LogP contribution in [0, 0.1) is 0 Å². The zero-order valence-electron chi connectivity index (χ0n) is 12.7. The molecule has 0 saturated carbocycles. The second-order valence-corrected chi connectivity index (χ2v) is 6.31. The van der Waals surface area contributed by atoms with E-state index in [4.69, 9.17) is 5.11 Å². The minimum Gasteiger partial charge on any atom is -0.481 e. The van der Waals surface area contributed by atoms with Gasteiger partial charge in [-0.15, -0.1) is 0 Å². The molecule has 21 heavy (non-hydrogen) atoms. The summed E-state index contributed by atoms with van der Waals surface area (Å²) < 4.78 is 0. The van der Waals surface area contributed by atoms with Gasteiger partial charge in [-0.1, -0.05) is 6.42 Å². The summed E-state index contributed by atoms with van der Waals surface area (Å²) in [6, 6.07) is 0.0116. The molecule has 2 fully saturated rings. The maximum atomic E-state index is 10.5. The van der Waals surface area contributed by atoms with Crippen LogP contribution < -0.4 is 0 Å². The van der Waals surface area contributed by atoms with Crippen molar-refractivity contribution < 1.29 is 20.1 Å². The van der Waals surface area contributed by atoms with Crippen molar-refractivity contribution in [2.45, 2.75) is 63.3 Å². The Kier molecular flexibility index (Phi) is 6.41. The monoisotopic (exact) mass is 300 g/mol. The minimum absolute atomic E-state index is 0.0116. The van der Waals surface area contributed by atoms with Crippen LogP contribution in [0.5, 0.6) is 0 Å². The van der Waals surface area contributed by atoms with Gasteiger partial charge in [0.25, 0.3) is 0 Å². The summed E-state index contributed by atoms with van der Waals surface area (Å²) in [4.78, 5) is 14.8. The molecule has 0 aromatic carbocycles. The zero-order chi connectivity index (χ0) is 15.2. The fourth-order valence-corrected chi connectivity index (χ4v) is 3.49. The standard InChI is InChI=1S/C15H28N2O4/c18-12-10-13(15(21)16-7-4-5-8-16)17(11-12)9-3-1-2-6-14(19)20/h12-13,15,18,21H,1-11H2,(H,19,20)/t12-,13+,15?/m1/s1. The molecule has 6 heteroatoms. The summed E-state index contributed by atoms with van der Waals surface area (Å²) in [5.41, 5.74) is 0. The number of aliphatic hydroxyl groups excluding tert-OH is 2. The molecule has 2 aliphatic rings. The molecule has 2 saturated heterocycles. The molecule has 2 aliphatic heterocycles. The Morgan fingerprint density at radius 3 is 2.57 bits per heavy atom. The van der Waals surface area contributed by atoms with Gasteiger partial charge in [-0.3, -0.25) is 14.6 Å². The van der Waals surface area contributed by atoms with Crippen LogP contribution in [0.25, 0.3) is 0 Å². The maximum Gasteiger partial charge on any atom is 0.303 e. The van der Waals surface area contributed by atoms with Gasteiger partial charge in [0, 0.05) is 26.1 Å². The van der Waals surface area contributed by atoms with E-state index in [0.29, 0.717) is 19.4 Å². The van der Waals surface area contributed by atoms with Gasteiger partial charge in [-0.25, -0.2) is 0 Å². The lowest BCUT2D eigenvalue weighted by atomic mass is 10.1. The molecule has 2 rings (SSSR count). The van der Waals surface area contributed by atoms with E-state index in [1.807, 2.05) is 0 Å². The molecule has 3 N–H and O–H groups in total. The van der Waals surface area contributed by atoms with Crippen LogP contribution in [0.2, 0.25) is 0 Å². The summed E-state index contributed by atoms with van der Waals surface area (Å²) in [7, 11) is 0. The van der Waals surface area contributed by atoms with E-state index in [2.05, 4.69) is 9.80 Å². The van der Waals surface area contributed by atoms with Gasteiger partial charge < -0.3 is 15.3 Å². The van der Waals surface area contributed by atoms with Gasteiger partial charge in [-0.2, -0.15) is 0 Å². The van der Waals surface area contributed by atoms with Crippen LogP contribution >= 0.6 is 0 Å². The molecule has 1 unspecified atom stereocenters. The first-order valence-electron chi connectivity index (χ1n) is 8.14. The van der Waals surface area contributed by atoms with Gasteiger partial charge in [0.05, 0.1) is 12.1 Å². The van der Waals surface area contributed by atoms with Crippen molar-refractivity contribution in [2.75, 3.05) is 26.2 Å². The molecule has 2 heterocycles. The maximum absolute atomic E-state index is 10.5. The number of carboxylic acids is 1. The Balaban J connectivity index is 1.75. The first-order chi connectivity index (χ1) is 10.1. The summed E-state index contributed by atoms with van der Waals surface area (Å²) in [6.07, 6.45) is 4.80. The second kappa shape index (κ2) is 8.08. The molecule has 3 atom stereocenters. The summed E-state index contributed by atoms with van der Waals surface area (Å²) >= 11 is 0. The number of unbranched alkanes of at least 4 members (excludes halogenated alkanes) is 2. The molecule has 0 amide bonds. The van der Waals surface area contributed by atoms with Crippen molar-refractivity contribution in [1.29, 1.82) is 0 Å². The van der Waals surface area contributed by atoms with E-state index >= 15 is 0 Å². The lowest BCUT2D eigenvalue weighted by Crippen LogP contribution is -2.48. The second-order valence-electron chi connectivity index (χ2n) is 6.31. The average molecular weight is 300 g/mol. The van der Waals surface area contributed by atoms with Crippen molar-refractivity contribution in [1.82, 2.24) is 9.80 Å². The molecule has 0 aromatic heterocycles. The topological polar surface area (TPSA) is 84.2 Å². The predicted octanol–water partition coefficient (Wildman–Crippen LogP) is 0.481. The quantitative estimate of drug-likeness (QED) is 0.566. The van der Waals surface area contributed by atoms with Crippen molar-refractivity contribution >= 4 is 5.97 Å². The van der Waals surface area contributed by atoms with Crippen molar-refractivity contribution in [3.05, 3.63) is 0 Å². The number of carboxylic acid groups (broad SMARTS) is 1. The summed E-state index contributed by atoms with van der Waals surface area (Å²) in [5.74, 6) is -0.742. The highest BCUT2D eigenvalue weighted by Gasteiger charge is 2.38. The van der Waals surface area contributed by atoms with Crippen molar-refractivity contribution in [3.8, 4) is 0 Å². The van der Waals surface area contributed by atoms with Gasteiger partial charge in [0.2, 0.25) is 0 Å². The van der Waals surface area contributed by atoms with Crippen LogP contribution in [-0.4, -0.2) is 75.6 Å². The van der Waals surface area contributed by atoms with Gasteiger partial charge >= 0.3 is 5.97 Å². The molecule has 0 radical (unpaired) electrons. The fraction of sp³-hybridized carbons (Fsp3) is 0.933. The van der Waals surface area contributed by atoms with Crippen molar-refractivity contribution in [3.63, 3.8) is 0 Å². The molecule has 6 nitrogen and oxygen atoms in total. The van der Waals surface area contributed by atoms with E-state index < -0.39 is 12.2 Å². The van der Waals surface area contributed by atoms with E-state index in [-0.39, 0.29) is 18.6 Å². The van der Waals surface area contributed by atoms with Gasteiger partial charge in [-0.05, 0) is 38.6 Å². The molecule has 0 aliphatic carbocycles. The largest absolute Gasteiger partial charge is 0.481 e. The minimum atomic E-state index is -0.742. The Hall–Kier alpha value is -0.690. The number of rotatable bonds is 8. The number of aliphatic carboxylic acids is 1. The van der Waals surface area contributed by atoms with Crippen LogP contribution in [-0.2, 0) is 4.79 Å². The molecular formula is C15H28N2O4. The number of hydrogen-bond donors (Lipinski definition) is 3. The molecule has 0 spiro atoms. The lowest BCUT2D eigenvalue weighted by Gasteiger charge is -2.33. The van der Waals surface area contributed by atoms with Gasteiger partial charge in [0.15, 0.2) is 0 Å².